The molecule has 1 heterocycles. The van der Waals surface area contributed by atoms with Gasteiger partial charge in [-0.15, -0.1) is 23.1 Å². The Morgan fingerprint density at radius 3 is 2.34 bits per heavy atom. The Kier molecular flexibility index (Phi) is 11.4. The SMILES string of the molecule is N#Cc1c(NC(=O)C(Sc2cccc(NC(=O)/C(=C\c3cccc(Cl)c3Cl)NC(=O)c3ccccc3)c2)c2ccccc2)sc2c1CCCC2. The minimum Gasteiger partial charge on any atom is -0.321 e. The zero-order chi connectivity index (χ0) is 35.0. The predicted octanol–water partition coefficient (Wildman–Crippen LogP) is 9.69. The molecule has 0 radical (unpaired) electrons. The topological polar surface area (TPSA) is 111 Å². The Balaban J connectivity index is 1.25. The van der Waals surface area contributed by atoms with E-state index in [0.29, 0.717) is 32.4 Å². The highest BCUT2D eigenvalue weighted by atomic mass is 35.5. The molecule has 250 valence electrons. The van der Waals surface area contributed by atoms with E-state index in [-0.39, 0.29) is 16.6 Å². The van der Waals surface area contributed by atoms with Crippen LogP contribution in [0, 0.1) is 11.3 Å². The van der Waals surface area contributed by atoms with E-state index < -0.39 is 17.1 Å². The summed E-state index contributed by atoms with van der Waals surface area (Å²) >= 11 is 15.5. The van der Waals surface area contributed by atoms with Crippen molar-refractivity contribution < 1.29 is 14.4 Å². The van der Waals surface area contributed by atoms with Crippen molar-refractivity contribution in [3.63, 3.8) is 0 Å². The summed E-state index contributed by atoms with van der Waals surface area (Å²) in [4.78, 5) is 42.6. The van der Waals surface area contributed by atoms with Gasteiger partial charge < -0.3 is 16.0 Å². The van der Waals surface area contributed by atoms with Gasteiger partial charge in [0.05, 0.1) is 15.6 Å². The number of carbonyl (C=O) groups excluding carboxylic acids is 3. The van der Waals surface area contributed by atoms with Gasteiger partial charge >= 0.3 is 0 Å². The van der Waals surface area contributed by atoms with Gasteiger partial charge in [0.15, 0.2) is 0 Å². The lowest BCUT2D eigenvalue weighted by Crippen LogP contribution is -2.30. The Morgan fingerprint density at radius 1 is 0.860 bits per heavy atom. The van der Waals surface area contributed by atoms with E-state index in [2.05, 4.69) is 22.0 Å². The lowest BCUT2D eigenvalue weighted by Gasteiger charge is -2.17. The average Bonchev–Trinajstić information content (AvgIpc) is 3.49. The number of anilines is 2. The number of benzene rings is 4. The lowest BCUT2D eigenvalue weighted by atomic mass is 9.96. The molecule has 0 saturated carbocycles. The number of aryl methyl sites for hydroxylation is 1. The molecule has 0 aliphatic heterocycles. The van der Waals surface area contributed by atoms with Crippen molar-refractivity contribution in [3.05, 3.63) is 152 Å². The summed E-state index contributed by atoms with van der Waals surface area (Å²) in [6, 6.07) is 32.4. The summed E-state index contributed by atoms with van der Waals surface area (Å²) in [5, 5.41) is 19.1. The van der Waals surface area contributed by atoms with Gasteiger partial charge in [-0.2, -0.15) is 5.26 Å². The highest BCUT2D eigenvalue weighted by Gasteiger charge is 2.27. The first-order valence-corrected chi connectivity index (χ1v) is 18.3. The molecule has 50 heavy (non-hydrogen) atoms. The molecule has 1 unspecified atom stereocenters. The van der Waals surface area contributed by atoms with Crippen LogP contribution in [0.3, 0.4) is 0 Å². The van der Waals surface area contributed by atoms with E-state index in [1.54, 1.807) is 66.7 Å². The number of hydrogen-bond donors (Lipinski definition) is 3. The van der Waals surface area contributed by atoms with Gasteiger partial charge in [-0.05, 0) is 84.8 Å². The zero-order valence-corrected chi connectivity index (χ0v) is 29.7. The number of fused-ring (bicyclic) bond motifs is 1. The Hall–Kier alpha value is -4.85. The molecule has 3 N–H and O–H groups in total. The molecule has 3 amide bonds. The lowest BCUT2D eigenvalue weighted by molar-refractivity contribution is -0.116. The van der Waals surface area contributed by atoms with E-state index in [1.807, 2.05) is 36.4 Å². The van der Waals surface area contributed by atoms with Crippen molar-refractivity contribution in [1.29, 1.82) is 5.26 Å². The van der Waals surface area contributed by atoms with Gasteiger partial charge in [0.2, 0.25) is 5.91 Å². The van der Waals surface area contributed by atoms with Crippen molar-refractivity contribution in [2.75, 3.05) is 10.6 Å². The summed E-state index contributed by atoms with van der Waals surface area (Å²) in [5.74, 6) is -1.31. The molecule has 7 nitrogen and oxygen atoms in total. The fourth-order valence-electron chi connectivity index (χ4n) is 5.56. The van der Waals surface area contributed by atoms with Gasteiger partial charge in [-0.25, -0.2) is 0 Å². The molecule has 1 atom stereocenters. The molecule has 5 aromatic rings. The van der Waals surface area contributed by atoms with Crippen LogP contribution >= 0.6 is 46.3 Å². The maximum absolute atomic E-state index is 13.9. The fourth-order valence-corrected chi connectivity index (χ4v) is 8.25. The molecule has 4 aromatic carbocycles. The van der Waals surface area contributed by atoms with Gasteiger partial charge in [0.1, 0.15) is 22.0 Å². The number of thioether (sulfide) groups is 1. The summed E-state index contributed by atoms with van der Waals surface area (Å²) in [5.41, 5.74) is 3.62. The highest BCUT2D eigenvalue weighted by Crippen LogP contribution is 2.41. The number of thiophene rings is 1. The van der Waals surface area contributed by atoms with Gasteiger partial charge in [-0.3, -0.25) is 14.4 Å². The van der Waals surface area contributed by atoms with Crippen molar-refractivity contribution in [2.45, 2.75) is 35.8 Å². The maximum Gasteiger partial charge on any atom is 0.272 e. The molecule has 1 aliphatic carbocycles. The van der Waals surface area contributed by atoms with E-state index in [0.717, 1.165) is 41.7 Å². The van der Waals surface area contributed by atoms with E-state index in [1.165, 1.54) is 34.1 Å². The van der Waals surface area contributed by atoms with Crippen LogP contribution in [-0.2, 0) is 22.4 Å². The van der Waals surface area contributed by atoms with Crippen molar-refractivity contribution in [2.24, 2.45) is 0 Å². The number of rotatable bonds is 10. The van der Waals surface area contributed by atoms with Crippen LogP contribution in [0.25, 0.3) is 6.08 Å². The summed E-state index contributed by atoms with van der Waals surface area (Å²) in [6.45, 7) is 0. The average molecular weight is 738 g/mol. The van der Waals surface area contributed by atoms with Gasteiger partial charge in [0, 0.05) is 21.0 Å². The molecule has 6 rings (SSSR count). The first kappa shape index (κ1) is 35.0. The minimum absolute atomic E-state index is 0.0467. The van der Waals surface area contributed by atoms with Crippen LogP contribution in [0.4, 0.5) is 10.7 Å². The molecule has 0 saturated heterocycles. The second-order valence-electron chi connectivity index (χ2n) is 11.4. The van der Waals surface area contributed by atoms with Crippen LogP contribution in [-0.4, -0.2) is 17.7 Å². The normalized spacial score (nSPS) is 13.0. The molecule has 0 bridgehead atoms. The Labute approximate surface area is 308 Å². The zero-order valence-electron chi connectivity index (χ0n) is 26.5. The molecule has 0 fully saturated rings. The van der Waals surface area contributed by atoms with E-state index >= 15 is 0 Å². The number of nitriles is 1. The molecular formula is C39H30Cl2N4O3S2. The Bertz CT molecular complexity index is 2130. The first-order valence-electron chi connectivity index (χ1n) is 15.8. The highest BCUT2D eigenvalue weighted by molar-refractivity contribution is 8.00. The number of nitrogens with one attached hydrogen (secondary N) is 3. The molecule has 0 spiro atoms. The van der Waals surface area contributed by atoms with Crippen LogP contribution in [0.2, 0.25) is 10.0 Å². The summed E-state index contributed by atoms with van der Waals surface area (Å²) in [7, 11) is 0. The number of carbonyl (C=O) groups is 3. The van der Waals surface area contributed by atoms with E-state index in [9.17, 15) is 19.6 Å². The third-order valence-corrected chi connectivity index (χ3v) is 11.3. The van der Waals surface area contributed by atoms with Crippen molar-refractivity contribution in [1.82, 2.24) is 5.32 Å². The third-order valence-electron chi connectivity index (χ3n) is 8.02. The van der Waals surface area contributed by atoms with Crippen LogP contribution in [0.15, 0.2) is 114 Å². The fraction of sp³-hybridized carbons (Fsp3) is 0.128. The maximum atomic E-state index is 13.9. The smallest absolute Gasteiger partial charge is 0.272 e. The second-order valence-corrected chi connectivity index (χ2v) is 14.5. The summed E-state index contributed by atoms with van der Waals surface area (Å²) < 4.78 is 0. The predicted molar refractivity (Wildman–Crippen MR) is 203 cm³/mol. The number of halogens is 2. The number of nitrogens with zero attached hydrogens (tertiary/aromatic N) is 1. The van der Waals surface area contributed by atoms with Crippen LogP contribution < -0.4 is 16.0 Å². The monoisotopic (exact) mass is 736 g/mol. The molecule has 1 aromatic heterocycles. The Morgan fingerprint density at radius 2 is 1.58 bits per heavy atom. The number of amides is 3. The molecule has 1 aliphatic rings. The first-order chi connectivity index (χ1) is 24.3. The van der Waals surface area contributed by atoms with Crippen molar-refractivity contribution >= 4 is 80.8 Å². The molecular weight excluding hydrogens is 707 g/mol. The van der Waals surface area contributed by atoms with Gasteiger partial charge in [0.25, 0.3) is 11.8 Å². The quantitative estimate of drug-likeness (QED) is 0.0977. The number of hydrogen-bond acceptors (Lipinski definition) is 6. The van der Waals surface area contributed by atoms with Gasteiger partial charge in [-0.1, -0.05) is 89.9 Å². The van der Waals surface area contributed by atoms with Crippen LogP contribution in [0.1, 0.15) is 55.6 Å². The standard InChI is InChI=1S/C39H30Cl2N4O3S2/c40-31-19-9-15-26(34(31)41)21-32(44-36(46)25-13-5-2-6-14-25)37(47)43-27-16-10-17-28(22-27)49-35(24-11-3-1-4-12-24)38(48)45-39-30(23-42)29-18-7-8-20-33(29)50-39/h1-6,9-17,19,21-22,35H,7-8,18,20H2,(H,43,47)(H,44,46)(H,45,48)/b32-21+. The third kappa shape index (κ3) is 8.29. The minimum atomic E-state index is -0.654. The largest absolute Gasteiger partial charge is 0.321 e. The van der Waals surface area contributed by atoms with E-state index in [4.69, 9.17) is 23.2 Å². The summed E-state index contributed by atoms with van der Waals surface area (Å²) in [6.07, 6.45) is 5.34. The second kappa shape index (κ2) is 16.2. The molecule has 11 heteroatoms. The van der Waals surface area contributed by atoms with Crippen LogP contribution in [0.5, 0.6) is 0 Å². The van der Waals surface area contributed by atoms with Crippen molar-refractivity contribution in [3.8, 4) is 6.07 Å².